The highest BCUT2D eigenvalue weighted by molar-refractivity contribution is 7.21. The zero-order valence-electron chi connectivity index (χ0n) is 21.0. The largest absolute Gasteiger partial charge is 0.490 e. The van der Waals surface area contributed by atoms with Gasteiger partial charge in [-0.1, -0.05) is 6.08 Å². The van der Waals surface area contributed by atoms with E-state index in [-0.39, 0.29) is 23.8 Å². The molecule has 37 heavy (non-hydrogen) atoms. The number of hydrogen-bond donors (Lipinski definition) is 3. The van der Waals surface area contributed by atoms with Gasteiger partial charge in [0.05, 0.1) is 17.9 Å². The number of nitrogens with one attached hydrogen (secondary N) is 3. The van der Waals surface area contributed by atoms with Crippen molar-refractivity contribution >= 4 is 56.2 Å². The van der Waals surface area contributed by atoms with E-state index in [1.807, 2.05) is 44.1 Å². The van der Waals surface area contributed by atoms with Crippen molar-refractivity contribution in [3.8, 4) is 5.75 Å². The summed E-state index contributed by atoms with van der Waals surface area (Å²) in [6, 6.07) is 10.7. The van der Waals surface area contributed by atoms with Crippen molar-refractivity contribution in [2.24, 2.45) is 0 Å². The fourth-order valence-corrected chi connectivity index (χ4v) is 5.41. The predicted molar refractivity (Wildman–Crippen MR) is 147 cm³/mol. The molecule has 0 saturated heterocycles. The summed E-state index contributed by atoms with van der Waals surface area (Å²) < 4.78 is 6.66. The quantitative estimate of drug-likeness (QED) is 0.446. The first-order valence-corrected chi connectivity index (χ1v) is 12.9. The van der Waals surface area contributed by atoms with Crippen molar-refractivity contribution in [3.63, 3.8) is 0 Å². The molecule has 2 aliphatic rings. The average Bonchev–Trinajstić information content (AvgIpc) is 3.17. The van der Waals surface area contributed by atoms with Crippen molar-refractivity contribution in [2.75, 3.05) is 55.9 Å². The lowest BCUT2D eigenvalue weighted by atomic mass is 10.1. The van der Waals surface area contributed by atoms with E-state index in [9.17, 15) is 14.4 Å². The monoisotopic (exact) mass is 519 g/mol. The molecule has 0 aliphatic carbocycles. The number of hydrogen-bond acceptors (Lipinski definition) is 7. The van der Waals surface area contributed by atoms with Crippen LogP contribution in [0.25, 0.3) is 10.1 Å². The minimum Gasteiger partial charge on any atom is -0.490 e. The molecule has 3 N–H and O–H groups in total. The molecule has 3 aromatic rings. The zero-order valence-corrected chi connectivity index (χ0v) is 21.8. The Labute approximate surface area is 219 Å². The van der Waals surface area contributed by atoms with E-state index >= 15 is 0 Å². The third-order valence-corrected chi connectivity index (χ3v) is 7.37. The molecule has 3 heterocycles. The number of amides is 3. The number of carbonyl (C=O) groups excluding carboxylic acids is 3. The maximum absolute atomic E-state index is 13.2. The van der Waals surface area contributed by atoms with E-state index in [0.717, 1.165) is 15.8 Å². The van der Waals surface area contributed by atoms with E-state index in [1.54, 1.807) is 35.2 Å². The smallest absolute Gasteiger partial charge is 0.263 e. The second kappa shape index (κ2) is 10.2. The fourth-order valence-electron chi connectivity index (χ4n) is 4.35. The molecule has 10 heteroatoms. The van der Waals surface area contributed by atoms with Gasteiger partial charge in [-0.15, -0.1) is 11.3 Å². The minimum atomic E-state index is -0.284. The summed E-state index contributed by atoms with van der Waals surface area (Å²) in [5, 5.41) is 10.1. The summed E-state index contributed by atoms with van der Waals surface area (Å²) in [7, 11) is 3.88. The summed E-state index contributed by atoms with van der Waals surface area (Å²) >= 11 is 1.41. The molecule has 2 aliphatic heterocycles. The number of benzene rings is 2. The molecule has 5 rings (SSSR count). The molecule has 192 valence electrons. The summed E-state index contributed by atoms with van der Waals surface area (Å²) in [6.07, 6.45) is 3.39. The maximum atomic E-state index is 13.2. The van der Waals surface area contributed by atoms with Gasteiger partial charge in [-0.2, -0.15) is 0 Å². The molecule has 9 nitrogen and oxygen atoms in total. The van der Waals surface area contributed by atoms with Crippen LogP contribution in [0.5, 0.6) is 5.75 Å². The van der Waals surface area contributed by atoms with Crippen LogP contribution in [0, 0.1) is 0 Å². The topological polar surface area (TPSA) is 103 Å². The van der Waals surface area contributed by atoms with Gasteiger partial charge < -0.3 is 30.5 Å². The molecular weight excluding hydrogens is 490 g/mol. The first kappa shape index (κ1) is 24.8. The number of likely N-dealkylation sites (N-methyl/N-ethyl adjacent to an activating group) is 1. The summed E-state index contributed by atoms with van der Waals surface area (Å²) in [5.41, 5.74) is 2.41. The number of ether oxygens (including phenoxy) is 1. The van der Waals surface area contributed by atoms with Crippen LogP contribution in [0.15, 0.2) is 48.6 Å². The lowest BCUT2D eigenvalue weighted by molar-refractivity contribution is -0.114. The molecule has 2 aromatic carbocycles. The molecule has 0 radical (unpaired) electrons. The number of carbonyl (C=O) groups is 3. The highest BCUT2D eigenvalue weighted by atomic mass is 32.1. The van der Waals surface area contributed by atoms with Crippen molar-refractivity contribution in [1.82, 2.24) is 10.2 Å². The number of thiophene rings is 1. The van der Waals surface area contributed by atoms with E-state index < -0.39 is 0 Å². The van der Waals surface area contributed by atoms with Gasteiger partial charge >= 0.3 is 0 Å². The first-order chi connectivity index (χ1) is 17.8. The van der Waals surface area contributed by atoms with Crippen molar-refractivity contribution in [1.29, 1.82) is 0 Å². The van der Waals surface area contributed by atoms with Crippen molar-refractivity contribution in [2.45, 2.75) is 13.0 Å². The Morgan fingerprint density at radius 3 is 2.89 bits per heavy atom. The Hall–Kier alpha value is -3.89. The standard InChI is InChI=1S/C27H29N5O4S/c1-16-15-28-24-19-13-17(6-9-22(19)37-25(24)27(35)29-16)26(34)30-18-7-8-21-20(14-18)32(11-12-36-21)23(33)5-4-10-31(2)3/h4-9,13-14,16,28H,10-12,15H2,1-3H3,(H,29,35)(H,30,34)/t16-/m1/s1. The Balaban J connectivity index is 1.38. The molecule has 0 fully saturated rings. The Bertz CT molecular complexity index is 1410. The highest BCUT2D eigenvalue weighted by Crippen LogP contribution is 2.38. The SMILES string of the molecule is C[C@@H]1CNc2c(sc3ccc(C(=O)Nc4ccc5c(c4)N(C(=O)C=CCN(C)C)CCO5)cc23)C(=O)N1. The van der Waals surface area contributed by atoms with Crippen LogP contribution < -0.4 is 25.6 Å². The Morgan fingerprint density at radius 1 is 1.24 bits per heavy atom. The van der Waals surface area contributed by atoms with Crippen LogP contribution in [0.4, 0.5) is 17.1 Å². The van der Waals surface area contributed by atoms with Crippen LogP contribution in [0.1, 0.15) is 27.0 Å². The maximum Gasteiger partial charge on any atom is 0.263 e. The number of nitrogens with zero attached hydrogens (tertiary/aromatic N) is 2. The van der Waals surface area contributed by atoms with Crippen LogP contribution in [-0.2, 0) is 4.79 Å². The Kier molecular flexibility index (Phi) is 6.86. The van der Waals surface area contributed by atoms with Gasteiger partial charge in [-0.3, -0.25) is 14.4 Å². The number of rotatable bonds is 5. The van der Waals surface area contributed by atoms with Crippen molar-refractivity contribution in [3.05, 3.63) is 59.0 Å². The lowest BCUT2D eigenvalue weighted by Gasteiger charge is -2.29. The van der Waals surface area contributed by atoms with Gasteiger partial charge in [0.1, 0.15) is 17.2 Å². The molecule has 0 spiro atoms. The first-order valence-electron chi connectivity index (χ1n) is 12.1. The van der Waals surface area contributed by atoms with Gasteiger partial charge in [0, 0.05) is 46.5 Å². The Morgan fingerprint density at radius 2 is 2.08 bits per heavy atom. The second-order valence-corrected chi connectivity index (χ2v) is 10.5. The lowest BCUT2D eigenvalue weighted by Crippen LogP contribution is -2.37. The van der Waals surface area contributed by atoms with Gasteiger partial charge in [-0.25, -0.2) is 0 Å². The van der Waals surface area contributed by atoms with Gasteiger partial charge in [0.15, 0.2) is 0 Å². The third-order valence-electron chi connectivity index (χ3n) is 6.20. The van der Waals surface area contributed by atoms with Crippen LogP contribution in [0.3, 0.4) is 0 Å². The molecule has 0 saturated carbocycles. The number of anilines is 3. The summed E-state index contributed by atoms with van der Waals surface area (Å²) in [6.45, 7) is 4.05. The van der Waals surface area contributed by atoms with Gasteiger partial charge in [0.25, 0.3) is 17.7 Å². The van der Waals surface area contributed by atoms with E-state index in [0.29, 0.717) is 53.8 Å². The van der Waals surface area contributed by atoms with E-state index in [1.165, 1.54) is 11.3 Å². The van der Waals surface area contributed by atoms with Gasteiger partial charge in [0.2, 0.25) is 0 Å². The number of fused-ring (bicyclic) bond motifs is 4. The van der Waals surface area contributed by atoms with Crippen molar-refractivity contribution < 1.29 is 19.1 Å². The predicted octanol–water partition coefficient (Wildman–Crippen LogP) is 3.54. The van der Waals surface area contributed by atoms with E-state index in [4.69, 9.17) is 4.74 Å². The summed E-state index contributed by atoms with van der Waals surface area (Å²) in [5.74, 6) is 0.0734. The summed E-state index contributed by atoms with van der Waals surface area (Å²) in [4.78, 5) is 42.8. The van der Waals surface area contributed by atoms with E-state index in [2.05, 4.69) is 16.0 Å². The zero-order chi connectivity index (χ0) is 26.1. The highest BCUT2D eigenvalue weighted by Gasteiger charge is 2.25. The third kappa shape index (κ3) is 5.16. The van der Waals surface area contributed by atoms with Gasteiger partial charge in [-0.05, 0) is 57.4 Å². The molecule has 0 unspecified atom stereocenters. The molecule has 0 bridgehead atoms. The molecule has 3 amide bonds. The molecule has 1 atom stereocenters. The van der Waals surface area contributed by atoms with Crippen LogP contribution in [-0.4, -0.2) is 69.0 Å². The molecule has 1 aromatic heterocycles. The van der Waals surface area contributed by atoms with Crippen LogP contribution in [0.2, 0.25) is 0 Å². The fraction of sp³-hybridized carbons (Fsp3) is 0.296. The second-order valence-electron chi connectivity index (χ2n) is 9.41. The van der Waals surface area contributed by atoms with Crippen LogP contribution >= 0.6 is 11.3 Å². The normalized spacial score (nSPS) is 17.0. The average molecular weight is 520 g/mol. The minimum absolute atomic E-state index is 0.0107. The molecular formula is C27H29N5O4S.